The Morgan fingerprint density at radius 2 is 2.26 bits per heavy atom. The molecule has 9 nitrogen and oxygen atoms in total. The number of carbonyl (C=O) groups is 1. The van der Waals surface area contributed by atoms with Crippen LogP contribution in [-0.4, -0.2) is 21.0 Å². The maximum atomic E-state index is 11.9. The molecule has 2 aromatic heterocycles. The molecule has 0 spiro atoms. The van der Waals surface area contributed by atoms with Gasteiger partial charge in [-0.15, -0.1) is 0 Å². The Morgan fingerprint density at radius 1 is 1.53 bits per heavy atom. The third kappa shape index (κ3) is 2.65. The van der Waals surface area contributed by atoms with Crippen molar-refractivity contribution in [1.82, 2.24) is 10.1 Å². The number of nitrogen functional groups attached to an aromatic ring is 1. The minimum absolute atomic E-state index is 0.00656. The van der Waals surface area contributed by atoms with E-state index in [1.165, 1.54) is 6.07 Å². The molecule has 0 atom stereocenters. The smallest absolute Gasteiger partial charge is 0.300 e. The van der Waals surface area contributed by atoms with Crippen molar-refractivity contribution in [2.75, 3.05) is 11.1 Å². The molecule has 9 heteroatoms. The summed E-state index contributed by atoms with van der Waals surface area (Å²) in [5, 5.41) is 16.7. The van der Waals surface area contributed by atoms with Crippen molar-refractivity contribution < 1.29 is 14.2 Å². The van der Waals surface area contributed by atoms with Crippen molar-refractivity contribution in [3.8, 4) is 0 Å². The second kappa shape index (κ2) is 4.72. The van der Waals surface area contributed by atoms with E-state index in [9.17, 15) is 14.9 Å². The summed E-state index contributed by atoms with van der Waals surface area (Å²) in [7, 11) is 0. The van der Waals surface area contributed by atoms with Crippen LogP contribution >= 0.6 is 0 Å². The number of nitrogens with one attached hydrogen (secondary N) is 1. The topological polar surface area (TPSA) is 137 Å². The Morgan fingerprint density at radius 3 is 2.84 bits per heavy atom. The van der Waals surface area contributed by atoms with Crippen molar-refractivity contribution in [2.24, 2.45) is 0 Å². The number of anilines is 2. The van der Waals surface area contributed by atoms with Crippen molar-refractivity contribution >= 4 is 23.2 Å². The summed E-state index contributed by atoms with van der Waals surface area (Å²) in [6, 6.07) is 2.61. The fourth-order valence-corrected chi connectivity index (χ4v) is 1.40. The molecular weight excluding hydrogens is 254 g/mol. The third-order valence-electron chi connectivity index (χ3n) is 2.21. The summed E-state index contributed by atoms with van der Waals surface area (Å²) in [6.45, 7) is 1.65. The second-order valence-corrected chi connectivity index (χ2v) is 3.66. The maximum Gasteiger partial charge on any atom is 0.300 e. The molecule has 3 N–H and O–H groups in total. The molecule has 0 radical (unpaired) electrons. The highest BCUT2D eigenvalue weighted by Gasteiger charge is 2.22. The van der Waals surface area contributed by atoms with E-state index in [-0.39, 0.29) is 17.2 Å². The minimum Gasteiger partial charge on any atom is -0.384 e. The summed E-state index contributed by atoms with van der Waals surface area (Å²) in [4.78, 5) is 25.6. The molecule has 2 heterocycles. The molecule has 0 aliphatic rings. The molecule has 0 fully saturated rings. The lowest BCUT2D eigenvalue weighted by Crippen LogP contribution is -2.15. The first-order valence-electron chi connectivity index (χ1n) is 5.12. The molecule has 0 unspecified atom stereocenters. The number of nitrogens with zero attached hydrogens (tertiary/aromatic N) is 3. The van der Waals surface area contributed by atoms with E-state index in [2.05, 4.69) is 15.5 Å². The highest BCUT2D eigenvalue weighted by Crippen LogP contribution is 2.20. The Hall–Kier alpha value is -2.97. The van der Waals surface area contributed by atoms with Gasteiger partial charge in [-0.3, -0.25) is 14.9 Å². The van der Waals surface area contributed by atoms with Gasteiger partial charge in [-0.1, -0.05) is 5.16 Å². The highest BCUT2D eigenvalue weighted by molar-refractivity contribution is 6.06. The van der Waals surface area contributed by atoms with Crippen LogP contribution in [0, 0.1) is 17.0 Å². The SMILES string of the molecule is Cc1cc(NC(=O)c2cc(N)ncc2[N+](=O)[O-])no1. The number of pyridine rings is 1. The van der Waals surface area contributed by atoms with E-state index >= 15 is 0 Å². The van der Waals surface area contributed by atoms with E-state index < -0.39 is 16.5 Å². The van der Waals surface area contributed by atoms with Gasteiger partial charge in [0.05, 0.1) is 4.92 Å². The highest BCUT2D eigenvalue weighted by atomic mass is 16.6. The first-order chi connectivity index (χ1) is 8.97. The van der Waals surface area contributed by atoms with Gasteiger partial charge >= 0.3 is 0 Å². The lowest BCUT2D eigenvalue weighted by molar-refractivity contribution is -0.385. The van der Waals surface area contributed by atoms with Crippen LogP contribution in [0.5, 0.6) is 0 Å². The van der Waals surface area contributed by atoms with Crippen molar-refractivity contribution in [2.45, 2.75) is 6.92 Å². The summed E-state index contributed by atoms with van der Waals surface area (Å²) >= 11 is 0. The zero-order chi connectivity index (χ0) is 14.0. The monoisotopic (exact) mass is 263 g/mol. The number of carbonyl (C=O) groups excluding carboxylic acids is 1. The van der Waals surface area contributed by atoms with Crippen LogP contribution in [0.25, 0.3) is 0 Å². The summed E-state index contributed by atoms with van der Waals surface area (Å²) in [5.74, 6) is -0.0487. The molecule has 98 valence electrons. The molecule has 0 aromatic carbocycles. The van der Waals surface area contributed by atoms with Gasteiger partial charge in [0, 0.05) is 6.07 Å². The van der Waals surface area contributed by atoms with E-state index in [0.717, 1.165) is 12.3 Å². The van der Waals surface area contributed by atoms with Gasteiger partial charge < -0.3 is 15.6 Å². The van der Waals surface area contributed by atoms with Crippen LogP contribution < -0.4 is 11.1 Å². The normalized spacial score (nSPS) is 10.2. The van der Waals surface area contributed by atoms with Crippen LogP contribution in [0.2, 0.25) is 0 Å². The molecule has 0 bridgehead atoms. The van der Waals surface area contributed by atoms with Gasteiger partial charge in [0.1, 0.15) is 23.3 Å². The molecule has 0 aliphatic carbocycles. The van der Waals surface area contributed by atoms with Crippen molar-refractivity contribution in [3.05, 3.63) is 39.8 Å². The fourth-order valence-electron chi connectivity index (χ4n) is 1.40. The Kier molecular flexibility index (Phi) is 3.10. The molecule has 2 rings (SSSR count). The number of nitrogens with two attached hydrogens (primary N) is 1. The minimum atomic E-state index is -0.714. The number of hydrogen-bond acceptors (Lipinski definition) is 7. The standard InChI is InChI=1S/C10H9N5O4/c1-5-2-9(14-19-5)13-10(16)6-3-8(11)12-4-7(6)15(17)18/h2-4H,1H3,(H2,11,12)(H,13,14,16). The molecule has 19 heavy (non-hydrogen) atoms. The Labute approximate surface area is 106 Å². The van der Waals surface area contributed by atoms with Crippen molar-refractivity contribution in [3.63, 3.8) is 0 Å². The van der Waals surface area contributed by atoms with Gasteiger partial charge in [-0.05, 0) is 13.0 Å². The lowest BCUT2D eigenvalue weighted by Gasteiger charge is -2.03. The van der Waals surface area contributed by atoms with E-state index in [1.54, 1.807) is 6.92 Å². The number of amides is 1. The van der Waals surface area contributed by atoms with Gasteiger partial charge in [0.2, 0.25) is 0 Å². The van der Waals surface area contributed by atoms with Crippen LogP contribution in [-0.2, 0) is 0 Å². The molecule has 1 amide bonds. The predicted octanol–water partition coefficient (Wildman–Crippen LogP) is 1.12. The van der Waals surface area contributed by atoms with Gasteiger partial charge in [0.25, 0.3) is 11.6 Å². The second-order valence-electron chi connectivity index (χ2n) is 3.66. The van der Waals surface area contributed by atoms with E-state index in [1.807, 2.05) is 0 Å². The quantitative estimate of drug-likeness (QED) is 0.625. The Balaban J connectivity index is 2.32. The average Bonchev–Trinajstić information content (AvgIpc) is 2.74. The third-order valence-corrected chi connectivity index (χ3v) is 2.21. The number of nitro groups is 1. The number of aromatic nitrogens is 2. The summed E-state index contributed by atoms with van der Waals surface area (Å²) < 4.78 is 4.77. The largest absolute Gasteiger partial charge is 0.384 e. The van der Waals surface area contributed by atoms with Crippen LogP contribution in [0.3, 0.4) is 0 Å². The van der Waals surface area contributed by atoms with Crippen molar-refractivity contribution in [1.29, 1.82) is 0 Å². The first-order valence-corrected chi connectivity index (χ1v) is 5.12. The summed E-state index contributed by atoms with van der Waals surface area (Å²) in [6.07, 6.45) is 0.929. The fraction of sp³-hybridized carbons (Fsp3) is 0.100. The molecule has 2 aromatic rings. The molecular formula is C10H9N5O4. The zero-order valence-electron chi connectivity index (χ0n) is 9.78. The molecule has 0 saturated heterocycles. The van der Waals surface area contributed by atoms with Gasteiger partial charge in [-0.25, -0.2) is 4.98 Å². The number of aryl methyl sites for hydroxylation is 1. The predicted molar refractivity (Wildman–Crippen MR) is 64.5 cm³/mol. The van der Waals surface area contributed by atoms with E-state index in [0.29, 0.717) is 5.76 Å². The van der Waals surface area contributed by atoms with Crippen LogP contribution in [0.15, 0.2) is 22.9 Å². The zero-order valence-corrected chi connectivity index (χ0v) is 9.78. The van der Waals surface area contributed by atoms with Gasteiger partial charge in [0.15, 0.2) is 5.82 Å². The Bertz CT molecular complexity index is 651. The maximum absolute atomic E-state index is 11.9. The van der Waals surface area contributed by atoms with Crippen LogP contribution in [0.4, 0.5) is 17.3 Å². The number of rotatable bonds is 3. The summed E-state index contributed by atoms with van der Waals surface area (Å²) in [5.41, 5.74) is 4.78. The molecule has 0 saturated carbocycles. The number of hydrogen-bond donors (Lipinski definition) is 2. The van der Waals surface area contributed by atoms with E-state index in [4.69, 9.17) is 10.3 Å². The average molecular weight is 263 g/mol. The lowest BCUT2D eigenvalue weighted by atomic mass is 10.2. The van der Waals surface area contributed by atoms with Gasteiger partial charge in [-0.2, -0.15) is 0 Å². The first kappa shape index (κ1) is 12.5. The molecule has 0 aliphatic heterocycles. The van der Waals surface area contributed by atoms with Crippen LogP contribution in [0.1, 0.15) is 16.1 Å².